The molecule has 4 rings (SSSR count). The lowest BCUT2D eigenvalue weighted by atomic mass is 10.0. The second-order valence-corrected chi connectivity index (χ2v) is 7.51. The quantitative estimate of drug-likeness (QED) is 0.762. The number of rotatable bonds is 4. The molecule has 158 valence electrons. The van der Waals surface area contributed by atoms with E-state index in [1.807, 2.05) is 40.1 Å². The zero-order valence-corrected chi connectivity index (χ0v) is 16.4. The molecule has 0 saturated carbocycles. The van der Waals surface area contributed by atoms with E-state index in [9.17, 15) is 18.0 Å². The van der Waals surface area contributed by atoms with Gasteiger partial charge in [-0.25, -0.2) is 5.01 Å². The van der Waals surface area contributed by atoms with Crippen molar-refractivity contribution < 1.29 is 18.0 Å². The van der Waals surface area contributed by atoms with Gasteiger partial charge in [-0.05, 0) is 23.8 Å². The summed E-state index contributed by atoms with van der Waals surface area (Å²) < 4.78 is 38.9. The van der Waals surface area contributed by atoms with Crippen molar-refractivity contribution in [1.82, 2.24) is 9.91 Å². The smallest absolute Gasteiger partial charge is 0.369 e. The molecule has 0 N–H and O–H groups in total. The molecule has 0 spiro atoms. The summed E-state index contributed by atoms with van der Waals surface area (Å²) in [5.41, 5.74) is 0.971. The summed E-state index contributed by atoms with van der Waals surface area (Å²) in [5, 5.41) is 5.82. The van der Waals surface area contributed by atoms with Gasteiger partial charge in [-0.3, -0.25) is 9.69 Å². The van der Waals surface area contributed by atoms with Crippen LogP contribution in [0.4, 0.5) is 18.9 Å². The van der Waals surface area contributed by atoms with E-state index in [1.54, 1.807) is 17.3 Å². The van der Waals surface area contributed by atoms with Gasteiger partial charge in [0.1, 0.15) is 0 Å². The normalized spacial score (nSPS) is 20.0. The number of amides is 1. The van der Waals surface area contributed by atoms with Gasteiger partial charge in [0.05, 0.1) is 18.2 Å². The third-order valence-electron chi connectivity index (χ3n) is 5.54. The molecule has 2 aromatic rings. The number of piperazine rings is 1. The van der Waals surface area contributed by atoms with E-state index >= 15 is 0 Å². The van der Waals surface area contributed by atoms with Crippen LogP contribution in [0.25, 0.3) is 0 Å². The molecular weight excluding hydrogens is 393 g/mol. The van der Waals surface area contributed by atoms with E-state index in [0.717, 1.165) is 11.6 Å². The van der Waals surface area contributed by atoms with Gasteiger partial charge in [-0.15, -0.1) is 0 Å². The van der Waals surface area contributed by atoms with Crippen LogP contribution in [0.3, 0.4) is 0 Å². The summed E-state index contributed by atoms with van der Waals surface area (Å²) >= 11 is 0. The lowest BCUT2D eigenvalue weighted by Gasteiger charge is -2.36. The van der Waals surface area contributed by atoms with Crippen LogP contribution >= 0.6 is 0 Å². The molecule has 0 bridgehead atoms. The fourth-order valence-corrected chi connectivity index (χ4v) is 3.91. The van der Waals surface area contributed by atoms with Crippen LogP contribution < -0.4 is 4.90 Å². The summed E-state index contributed by atoms with van der Waals surface area (Å²) in [4.78, 5) is 16.8. The number of nitrogens with zero attached hydrogens (tertiary/aromatic N) is 4. The monoisotopic (exact) mass is 416 g/mol. The molecule has 2 aliphatic heterocycles. The molecule has 2 aromatic carbocycles. The van der Waals surface area contributed by atoms with Crippen molar-refractivity contribution in [2.45, 2.75) is 18.6 Å². The average molecular weight is 416 g/mol. The Hall–Kier alpha value is -2.87. The maximum absolute atomic E-state index is 13.0. The van der Waals surface area contributed by atoms with Crippen LogP contribution in [0.5, 0.6) is 0 Å². The molecule has 1 fully saturated rings. The molecule has 0 radical (unpaired) electrons. The first-order valence-electron chi connectivity index (χ1n) is 9.96. The van der Waals surface area contributed by atoms with Crippen molar-refractivity contribution >= 4 is 17.8 Å². The summed E-state index contributed by atoms with van der Waals surface area (Å²) in [6.45, 7) is 2.60. The van der Waals surface area contributed by atoms with Crippen LogP contribution in [0, 0.1) is 0 Å². The van der Waals surface area contributed by atoms with Gasteiger partial charge in [-0.1, -0.05) is 36.4 Å². The van der Waals surface area contributed by atoms with E-state index < -0.39 is 11.7 Å². The highest BCUT2D eigenvalue weighted by Gasteiger charge is 2.32. The van der Waals surface area contributed by atoms with Crippen molar-refractivity contribution in [3.63, 3.8) is 0 Å². The summed E-state index contributed by atoms with van der Waals surface area (Å²) in [5.74, 6) is -0.0647. The molecule has 2 heterocycles. The average Bonchev–Trinajstić information content (AvgIpc) is 3.25. The number of hydrogen-bond donors (Lipinski definition) is 0. The van der Waals surface area contributed by atoms with Crippen LogP contribution in [0.2, 0.25) is 0 Å². The predicted molar refractivity (Wildman–Crippen MR) is 109 cm³/mol. The lowest BCUT2D eigenvalue weighted by Crippen LogP contribution is -2.49. The Morgan fingerprint density at radius 3 is 2.43 bits per heavy atom. The number of carbonyl (C=O) groups excluding carboxylic acids is 1. The maximum atomic E-state index is 13.0. The highest BCUT2D eigenvalue weighted by atomic mass is 19.4. The maximum Gasteiger partial charge on any atom is 0.416 e. The van der Waals surface area contributed by atoms with E-state index in [2.05, 4.69) is 5.10 Å². The Kier molecular flexibility index (Phi) is 5.76. The third-order valence-corrected chi connectivity index (χ3v) is 5.54. The fourth-order valence-electron chi connectivity index (χ4n) is 3.91. The first kappa shape index (κ1) is 20.4. The molecule has 30 heavy (non-hydrogen) atoms. The van der Waals surface area contributed by atoms with Crippen LogP contribution in [-0.2, 0) is 11.0 Å². The molecule has 0 aliphatic carbocycles. The van der Waals surface area contributed by atoms with Crippen molar-refractivity contribution in [3.05, 3.63) is 65.7 Å². The Labute approximate surface area is 173 Å². The molecule has 1 unspecified atom stereocenters. The number of carbonyl (C=O) groups is 1. The van der Waals surface area contributed by atoms with Gasteiger partial charge < -0.3 is 4.90 Å². The number of halogens is 3. The standard InChI is InChI=1S/C22H23F3N4O/c23-22(24,25)18-7-4-8-19(15-18)28-13-11-27(12-14-28)16-21(30)29-20(9-10-26-29)17-5-2-1-3-6-17/h1-8,10,15,20H,9,11-14,16H2. The minimum atomic E-state index is -4.35. The largest absolute Gasteiger partial charge is 0.416 e. The highest BCUT2D eigenvalue weighted by Crippen LogP contribution is 2.32. The Morgan fingerprint density at radius 1 is 1.00 bits per heavy atom. The number of alkyl halides is 3. The van der Waals surface area contributed by atoms with E-state index in [0.29, 0.717) is 38.3 Å². The van der Waals surface area contributed by atoms with Crippen LogP contribution in [-0.4, -0.2) is 54.8 Å². The predicted octanol–water partition coefficient (Wildman–Crippen LogP) is 3.79. The van der Waals surface area contributed by atoms with Gasteiger partial charge in [0, 0.05) is 44.5 Å². The highest BCUT2D eigenvalue weighted by molar-refractivity contribution is 5.81. The number of benzene rings is 2. The summed E-state index contributed by atoms with van der Waals surface area (Å²) in [6.07, 6.45) is -1.89. The number of hydrogen-bond acceptors (Lipinski definition) is 4. The molecule has 0 aromatic heterocycles. The van der Waals surface area contributed by atoms with Crippen molar-refractivity contribution in [2.75, 3.05) is 37.6 Å². The zero-order chi connectivity index (χ0) is 21.1. The Bertz CT molecular complexity index is 908. The first-order chi connectivity index (χ1) is 14.4. The SMILES string of the molecule is O=C(CN1CCN(c2cccc(C(F)(F)F)c2)CC1)N1N=CCC1c1ccccc1. The molecule has 5 nitrogen and oxygen atoms in total. The van der Waals surface area contributed by atoms with Gasteiger partial charge >= 0.3 is 6.18 Å². The first-order valence-corrected chi connectivity index (χ1v) is 9.96. The second kappa shape index (κ2) is 8.47. The third kappa shape index (κ3) is 4.48. The molecular formula is C22H23F3N4O. The zero-order valence-electron chi connectivity index (χ0n) is 16.4. The second-order valence-electron chi connectivity index (χ2n) is 7.51. The molecule has 1 saturated heterocycles. The van der Waals surface area contributed by atoms with E-state index in [-0.39, 0.29) is 18.5 Å². The van der Waals surface area contributed by atoms with Crippen LogP contribution in [0.1, 0.15) is 23.6 Å². The molecule has 2 aliphatic rings. The fraction of sp³-hybridized carbons (Fsp3) is 0.364. The van der Waals surface area contributed by atoms with Crippen molar-refractivity contribution in [1.29, 1.82) is 0 Å². The number of anilines is 1. The van der Waals surface area contributed by atoms with E-state index in [4.69, 9.17) is 0 Å². The number of hydrazone groups is 1. The lowest BCUT2D eigenvalue weighted by molar-refractivity contribution is -0.137. The summed E-state index contributed by atoms with van der Waals surface area (Å²) in [7, 11) is 0. The van der Waals surface area contributed by atoms with Crippen LogP contribution in [0.15, 0.2) is 59.7 Å². The molecule has 1 amide bonds. The van der Waals surface area contributed by atoms with Crippen molar-refractivity contribution in [2.24, 2.45) is 5.10 Å². The van der Waals surface area contributed by atoms with Gasteiger partial charge in [0.2, 0.25) is 0 Å². The molecule has 8 heteroatoms. The Morgan fingerprint density at radius 2 is 1.73 bits per heavy atom. The Balaban J connectivity index is 1.34. The van der Waals surface area contributed by atoms with Gasteiger partial charge in [0.25, 0.3) is 5.91 Å². The van der Waals surface area contributed by atoms with Gasteiger partial charge in [-0.2, -0.15) is 18.3 Å². The van der Waals surface area contributed by atoms with Gasteiger partial charge in [0.15, 0.2) is 0 Å². The minimum absolute atomic E-state index is 0.0647. The van der Waals surface area contributed by atoms with Crippen molar-refractivity contribution in [3.8, 4) is 0 Å². The summed E-state index contributed by atoms with van der Waals surface area (Å²) in [6, 6.07) is 15.1. The molecule has 1 atom stereocenters. The minimum Gasteiger partial charge on any atom is -0.369 e. The topological polar surface area (TPSA) is 39.2 Å². The van der Waals surface area contributed by atoms with E-state index in [1.165, 1.54) is 12.1 Å².